The number of amides is 1. The molecule has 0 aliphatic carbocycles. The summed E-state index contributed by atoms with van der Waals surface area (Å²) in [6.07, 6.45) is 1.44. The summed E-state index contributed by atoms with van der Waals surface area (Å²) in [4.78, 5) is 16.2. The molecule has 1 heterocycles. The van der Waals surface area contributed by atoms with Crippen molar-refractivity contribution in [3.8, 4) is 0 Å². The van der Waals surface area contributed by atoms with E-state index >= 15 is 0 Å². The van der Waals surface area contributed by atoms with Gasteiger partial charge < -0.3 is 5.32 Å². The molecule has 0 aliphatic heterocycles. The lowest BCUT2D eigenvalue weighted by molar-refractivity contribution is 0.103. The first-order valence-corrected chi connectivity index (χ1v) is 7.60. The summed E-state index contributed by atoms with van der Waals surface area (Å²) in [7, 11) is -3.88. The van der Waals surface area contributed by atoms with Crippen molar-refractivity contribution in [3.63, 3.8) is 0 Å². The molecule has 1 amide bonds. The van der Waals surface area contributed by atoms with E-state index in [-0.39, 0.29) is 10.6 Å². The summed E-state index contributed by atoms with van der Waals surface area (Å²) in [6.45, 7) is 1.78. The first-order chi connectivity index (χ1) is 8.88. The lowest BCUT2D eigenvalue weighted by Gasteiger charge is -2.08. The number of aryl methyl sites for hydroxylation is 1. The predicted molar refractivity (Wildman–Crippen MR) is 72.6 cm³/mol. The molecule has 0 aliphatic rings. The van der Waals surface area contributed by atoms with E-state index in [0.717, 1.165) is 5.01 Å². The number of benzene rings is 1. The molecule has 0 unspecified atom stereocenters. The van der Waals surface area contributed by atoms with Crippen LogP contribution in [0.1, 0.15) is 14.7 Å². The van der Waals surface area contributed by atoms with Crippen LogP contribution in [0.25, 0.3) is 0 Å². The number of nitrogens with one attached hydrogen (secondary N) is 1. The maximum absolute atomic E-state index is 11.9. The van der Waals surface area contributed by atoms with Crippen molar-refractivity contribution in [2.45, 2.75) is 11.8 Å². The number of nitrogens with zero attached hydrogens (tertiary/aromatic N) is 1. The lowest BCUT2D eigenvalue weighted by Crippen LogP contribution is -2.17. The number of anilines is 1. The van der Waals surface area contributed by atoms with Crippen LogP contribution < -0.4 is 10.5 Å². The molecule has 0 saturated carbocycles. The number of carbonyl (C=O) groups excluding carboxylic acids is 1. The molecule has 0 saturated heterocycles. The fourth-order valence-corrected chi connectivity index (χ4v) is 2.83. The largest absolute Gasteiger partial charge is 0.320 e. The van der Waals surface area contributed by atoms with Gasteiger partial charge in [-0.05, 0) is 19.1 Å². The second-order valence-corrected chi connectivity index (χ2v) is 6.50. The van der Waals surface area contributed by atoms with E-state index in [0.29, 0.717) is 4.88 Å². The van der Waals surface area contributed by atoms with Crippen molar-refractivity contribution in [3.05, 3.63) is 40.3 Å². The van der Waals surface area contributed by atoms with Gasteiger partial charge in [0, 0.05) is 0 Å². The topological polar surface area (TPSA) is 102 Å². The number of aromatic nitrogens is 1. The van der Waals surface area contributed by atoms with Gasteiger partial charge in [-0.3, -0.25) is 4.79 Å². The Kier molecular flexibility index (Phi) is 3.65. The molecule has 1 aromatic carbocycles. The van der Waals surface area contributed by atoms with Crippen molar-refractivity contribution in [1.29, 1.82) is 0 Å². The van der Waals surface area contributed by atoms with E-state index < -0.39 is 15.9 Å². The molecule has 0 bridgehead atoms. The minimum atomic E-state index is -3.88. The van der Waals surface area contributed by atoms with Gasteiger partial charge in [-0.25, -0.2) is 18.5 Å². The summed E-state index contributed by atoms with van der Waals surface area (Å²) < 4.78 is 22.8. The smallest absolute Gasteiger partial charge is 0.267 e. The van der Waals surface area contributed by atoms with Crippen LogP contribution in [-0.4, -0.2) is 19.3 Å². The monoisotopic (exact) mass is 297 g/mol. The molecule has 2 aromatic rings. The van der Waals surface area contributed by atoms with Gasteiger partial charge in [-0.2, -0.15) is 0 Å². The fourth-order valence-electron chi connectivity index (χ4n) is 1.47. The summed E-state index contributed by atoms with van der Waals surface area (Å²) in [5.41, 5.74) is 0.154. The van der Waals surface area contributed by atoms with Crippen LogP contribution >= 0.6 is 11.3 Å². The summed E-state index contributed by atoms with van der Waals surface area (Å²) in [5.74, 6) is -0.415. The Morgan fingerprint density at radius 2 is 2.05 bits per heavy atom. The Morgan fingerprint density at radius 1 is 1.37 bits per heavy atom. The quantitative estimate of drug-likeness (QED) is 0.892. The number of hydrogen-bond acceptors (Lipinski definition) is 5. The van der Waals surface area contributed by atoms with Crippen LogP contribution in [0.15, 0.2) is 35.4 Å². The van der Waals surface area contributed by atoms with Gasteiger partial charge in [-0.1, -0.05) is 12.1 Å². The molecule has 8 heteroatoms. The maximum atomic E-state index is 11.9. The molecule has 0 radical (unpaired) electrons. The van der Waals surface area contributed by atoms with Gasteiger partial charge in [0.1, 0.15) is 9.77 Å². The second kappa shape index (κ2) is 5.08. The third-order valence-corrected chi connectivity index (χ3v) is 4.17. The highest BCUT2D eigenvalue weighted by atomic mass is 32.2. The average Bonchev–Trinajstić information content (AvgIpc) is 2.75. The Labute approximate surface area is 114 Å². The number of carbonyl (C=O) groups is 1. The van der Waals surface area contributed by atoms with E-state index in [1.165, 1.54) is 35.7 Å². The van der Waals surface area contributed by atoms with Gasteiger partial charge in [0.2, 0.25) is 10.0 Å². The molecule has 3 N–H and O–H groups in total. The van der Waals surface area contributed by atoms with Crippen molar-refractivity contribution >= 4 is 33.0 Å². The van der Waals surface area contributed by atoms with Crippen LogP contribution in [-0.2, 0) is 10.0 Å². The molecule has 2 rings (SSSR count). The normalized spacial score (nSPS) is 11.3. The van der Waals surface area contributed by atoms with Crippen molar-refractivity contribution < 1.29 is 13.2 Å². The SMILES string of the molecule is Cc1ncc(C(=O)Nc2ccccc2S(N)(=O)=O)s1. The lowest BCUT2D eigenvalue weighted by atomic mass is 10.3. The van der Waals surface area contributed by atoms with E-state index in [9.17, 15) is 13.2 Å². The molecular formula is C11H11N3O3S2. The number of para-hydroxylation sites is 1. The Hall–Kier alpha value is -1.77. The first-order valence-electron chi connectivity index (χ1n) is 5.23. The Morgan fingerprint density at radius 3 is 2.63 bits per heavy atom. The van der Waals surface area contributed by atoms with Gasteiger partial charge in [0.05, 0.1) is 16.9 Å². The summed E-state index contributed by atoms with van der Waals surface area (Å²) >= 11 is 1.22. The molecule has 0 fully saturated rings. The number of nitrogens with two attached hydrogens (primary N) is 1. The van der Waals surface area contributed by atoms with Crippen LogP contribution in [0, 0.1) is 6.92 Å². The Balaban J connectivity index is 2.32. The van der Waals surface area contributed by atoms with E-state index in [2.05, 4.69) is 10.3 Å². The van der Waals surface area contributed by atoms with Crippen LogP contribution in [0.4, 0.5) is 5.69 Å². The van der Waals surface area contributed by atoms with Crippen LogP contribution in [0.5, 0.6) is 0 Å². The standard InChI is InChI=1S/C11H11N3O3S2/c1-7-13-6-9(18-7)11(15)14-8-4-2-3-5-10(8)19(12,16)17/h2-6H,1H3,(H,14,15)(H2,12,16,17). The van der Waals surface area contributed by atoms with Crippen molar-refractivity contribution in [2.24, 2.45) is 5.14 Å². The van der Waals surface area contributed by atoms with Crippen molar-refractivity contribution in [1.82, 2.24) is 4.98 Å². The second-order valence-electron chi connectivity index (χ2n) is 3.74. The molecule has 19 heavy (non-hydrogen) atoms. The highest BCUT2D eigenvalue weighted by Gasteiger charge is 2.16. The van der Waals surface area contributed by atoms with Crippen molar-refractivity contribution in [2.75, 3.05) is 5.32 Å². The molecule has 0 spiro atoms. The zero-order valence-electron chi connectivity index (χ0n) is 9.95. The molecule has 6 nitrogen and oxygen atoms in total. The maximum Gasteiger partial charge on any atom is 0.267 e. The highest BCUT2D eigenvalue weighted by Crippen LogP contribution is 2.21. The van der Waals surface area contributed by atoms with E-state index in [1.807, 2.05) is 0 Å². The van der Waals surface area contributed by atoms with Gasteiger partial charge >= 0.3 is 0 Å². The molecule has 100 valence electrons. The summed E-state index contributed by atoms with van der Waals surface area (Å²) in [6, 6.07) is 5.96. The number of primary sulfonamides is 1. The minimum Gasteiger partial charge on any atom is -0.320 e. The third-order valence-electron chi connectivity index (χ3n) is 2.29. The first kappa shape index (κ1) is 13.7. The molecular weight excluding hydrogens is 286 g/mol. The van der Waals surface area contributed by atoms with Crippen LogP contribution in [0.2, 0.25) is 0 Å². The van der Waals surface area contributed by atoms with Gasteiger partial charge in [-0.15, -0.1) is 11.3 Å². The van der Waals surface area contributed by atoms with E-state index in [1.54, 1.807) is 13.0 Å². The number of sulfonamides is 1. The fraction of sp³-hybridized carbons (Fsp3) is 0.0909. The number of hydrogen-bond donors (Lipinski definition) is 2. The highest BCUT2D eigenvalue weighted by molar-refractivity contribution is 7.89. The predicted octanol–water partition coefficient (Wildman–Crippen LogP) is 1.35. The zero-order chi connectivity index (χ0) is 14.0. The molecule has 1 aromatic heterocycles. The van der Waals surface area contributed by atoms with E-state index in [4.69, 9.17) is 5.14 Å². The zero-order valence-corrected chi connectivity index (χ0v) is 11.6. The average molecular weight is 297 g/mol. The third kappa shape index (κ3) is 3.16. The van der Waals surface area contributed by atoms with Gasteiger partial charge in [0.15, 0.2) is 0 Å². The van der Waals surface area contributed by atoms with Crippen LogP contribution in [0.3, 0.4) is 0 Å². The summed E-state index contributed by atoms with van der Waals surface area (Å²) in [5, 5.41) is 8.36. The molecule has 0 atom stereocenters. The minimum absolute atomic E-state index is 0.121. The number of thiazole rings is 1. The Bertz CT molecular complexity index is 722. The van der Waals surface area contributed by atoms with Gasteiger partial charge in [0.25, 0.3) is 5.91 Å². The number of rotatable bonds is 3.